The maximum Gasteiger partial charge on any atom is 0.418 e. The second-order valence-corrected chi connectivity index (χ2v) is 4.29. The Bertz CT molecular complexity index is 498. The van der Waals surface area contributed by atoms with Crippen molar-refractivity contribution in [2.24, 2.45) is 0 Å². The van der Waals surface area contributed by atoms with Crippen molar-refractivity contribution >= 4 is 17.6 Å². The average Bonchev–Trinajstić information content (AvgIpc) is 2.37. The number of rotatable bonds is 7. The zero-order chi connectivity index (χ0) is 16.0. The molecule has 0 aliphatic rings. The molecule has 0 aromatic heterocycles. The van der Waals surface area contributed by atoms with Crippen LogP contribution in [0.2, 0.25) is 0 Å². The number of carboxylic acid groups (broad SMARTS) is 2. The molecule has 0 amide bonds. The maximum absolute atomic E-state index is 12.9. The smallest absolute Gasteiger partial charge is 0.418 e. The third kappa shape index (κ3) is 5.33. The molecule has 0 heterocycles. The van der Waals surface area contributed by atoms with Crippen molar-refractivity contribution in [3.05, 3.63) is 29.8 Å². The highest BCUT2D eigenvalue weighted by atomic mass is 19.4. The summed E-state index contributed by atoms with van der Waals surface area (Å²) >= 11 is 0. The molecule has 1 rings (SSSR count). The number of benzene rings is 1. The van der Waals surface area contributed by atoms with E-state index in [0.717, 1.165) is 11.0 Å². The van der Waals surface area contributed by atoms with Gasteiger partial charge in [0.05, 0.1) is 18.4 Å². The zero-order valence-corrected chi connectivity index (χ0v) is 10.9. The largest absolute Gasteiger partial charge is 0.481 e. The van der Waals surface area contributed by atoms with E-state index in [-0.39, 0.29) is 31.6 Å². The van der Waals surface area contributed by atoms with Crippen LogP contribution in [0.1, 0.15) is 18.4 Å². The van der Waals surface area contributed by atoms with Crippen molar-refractivity contribution in [1.82, 2.24) is 0 Å². The van der Waals surface area contributed by atoms with E-state index in [4.69, 9.17) is 10.2 Å². The third-order valence-electron chi connectivity index (χ3n) is 2.74. The van der Waals surface area contributed by atoms with Gasteiger partial charge in [0.2, 0.25) is 0 Å². The Morgan fingerprint density at radius 3 is 1.90 bits per heavy atom. The highest BCUT2D eigenvalue weighted by Gasteiger charge is 2.34. The topological polar surface area (TPSA) is 77.8 Å². The molecule has 2 N–H and O–H groups in total. The van der Waals surface area contributed by atoms with Gasteiger partial charge >= 0.3 is 18.1 Å². The lowest BCUT2D eigenvalue weighted by molar-refractivity contribution is -0.137. The fourth-order valence-electron chi connectivity index (χ4n) is 1.80. The van der Waals surface area contributed by atoms with Crippen molar-refractivity contribution in [1.29, 1.82) is 0 Å². The lowest BCUT2D eigenvalue weighted by atomic mass is 10.1. The summed E-state index contributed by atoms with van der Waals surface area (Å²) in [6.45, 7) is -0.397. The normalized spacial score (nSPS) is 11.2. The molecule has 5 nitrogen and oxygen atoms in total. The van der Waals surface area contributed by atoms with E-state index in [1.807, 2.05) is 0 Å². The molecule has 0 saturated carbocycles. The summed E-state index contributed by atoms with van der Waals surface area (Å²) in [5, 5.41) is 17.3. The van der Waals surface area contributed by atoms with E-state index in [0.29, 0.717) is 0 Å². The molecule has 0 bridgehead atoms. The summed E-state index contributed by atoms with van der Waals surface area (Å²) in [4.78, 5) is 22.3. The van der Waals surface area contributed by atoms with Gasteiger partial charge in [-0.15, -0.1) is 0 Å². The minimum atomic E-state index is -4.60. The number of aliphatic carboxylic acids is 2. The van der Waals surface area contributed by atoms with E-state index in [9.17, 15) is 22.8 Å². The van der Waals surface area contributed by atoms with Crippen molar-refractivity contribution < 1.29 is 33.0 Å². The number of anilines is 1. The van der Waals surface area contributed by atoms with Gasteiger partial charge < -0.3 is 15.1 Å². The Hall–Kier alpha value is -2.25. The van der Waals surface area contributed by atoms with Crippen LogP contribution in [0.15, 0.2) is 24.3 Å². The second-order valence-electron chi connectivity index (χ2n) is 4.29. The zero-order valence-electron chi connectivity index (χ0n) is 10.9. The molecule has 0 unspecified atom stereocenters. The Balaban J connectivity index is 3.06. The quantitative estimate of drug-likeness (QED) is 0.809. The van der Waals surface area contributed by atoms with Crippen LogP contribution in [0, 0.1) is 0 Å². The second kappa shape index (κ2) is 6.96. The van der Waals surface area contributed by atoms with Crippen LogP contribution < -0.4 is 4.90 Å². The van der Waals surface area contributed by atoms with E-state index in [2.05, 4.69) is 0 Å². The third-order valence-corrected chi connectivity index (χ3v) is 2.74. The number of carbonyl (C=O) groups is 2. The molecule has 116 valence electrons. The van der Waals surface area contributed by atoms with Crippen LogP contribution in [0.4, 0.5) is 18.9 Å². The van der Waals surface area contributed by atoms with Crippen molar-refractivity contribution in [3.8, 4) is 0 Å². The number of hydrogen-bond acceptors (Lipinski definition) is 3. The molecule has 0 aliphatic heterocycles. The van der Waals surface area contributed by atoms with Crippen LogP contribution in [0.5, 0.6) is 0 Å². The lowest BCUT2D eigenvalue weighted by Crippen LogP contribution is -2.30. The summed E-state index contributed by atoms with van der Waals surface area (Å²) in [6.07, 6.45) is -5.36. The van der Waals surface area contributed by atoms with Crippen molar-refractivity contribution in [2.45, 2.75) is 19.0 Å². The Kier molecular flexibility index (Phi) is 5.57. The molecule has 21 heavy (non-hydrogen) atoms. The van der Waals surface area contributed by atoms with Gasteiger partial charge in [-0.2, -0.15) is 13.2 Å². The highest BCUT2D eigenvalue weighted by Crippen LogP contribution is 2.36. The van der Waals surface area contributed by atoms with Gasteiger partial charge in [-0.3, -0.25) is 9.59 Å². The molecule has 0 fully saturated rings. The fraction of sp³-hybridized carbons (Fsp3) is 0.385. The van der Waals surface area contributed by atoms with Crippen LogP contribution in [0.3, 0.4) is 0 Å². The standard InChI is InChI=1S/C13H14F3NO4/c14-13(15,16)9-3-1-2-4-10(9)17(7-5-11(18)19)8-6-12(20)21/h1-4H,5-8H2,(H,18,19)(H,20,21). The predicted octanol–water partition coefficient (Wildman–Crippen LogP) is 2.46. The highest BCUT2D eigenvalue weighted by molar-refractivity contribution is 5.69. The molecule has 0 aliphatic carbocycles. The fourth-order valence-corrected chi connectivity index (χ4v) is 1.80. The van der Waals surface area contributed by atoms with Crippen LogP contribution in [-0.4, -0.2) is 35.2 Å². The van der Waals surface area contributed by atoms with Crippen LogP contribution in [0.25, 0.3) is 0 Å². The molecule has 0 saturated heterocycles. The lowest BCUT2D eigenvalue weighted by Gasteiger charge is -2.26. The maximum atomic E-state index is 12.9. The van der Waals surface area contributed by atoms with Gasteiger partial charge in [0.15, 0.2) is 0 Å². The number of hydrogen-bond donors (Lipinski definition) is 2. The molecule has 1 aromatic carbocycles. The van der Waals surface area contributed by atoms with E-state index in [1.165, 1.54) is 18.2 Å². The first-order valence-corrected chi connectivity index (χ1v) is 6.06. The summed E-state index contributed by atoms with van der Waals surface area (Å²) in [7, 11) is 0. The van der Waals surface area contributed by atoms with Gasteiger partial charge in [-0.25, -0.2) is 0 Å². The average molecular weight is 305 g/mol. The minimum absolute atomic E-state index is 0.199. The van der Waals surface area contributed by atoms with E-state index in [1.54, 1.807) is 0 Å². The van der Waals surface area contributed by atoms with Gasteiger partial charge in [-0.05, 0) is 12.1 Å². The Labute approximate surface area is 118 Å². The SMILES string of the molecule is O=C(O)CCN(CCC(=O)O)c1ccccc1C(F)(F)F. The Morgan fingerprint density at radius 1 is 1.00 bits per heavy atom. The molecule has 1 aromatic rings. The minimum Gasteiger partial charge on any atom is -0.481 e. The first-order chi connectivity index (χ1) is 9.71. The molecule has 0 spiro atoms. The number of halogens is 3. The number of carboxylic acids is 2. The monoisotopic (exact) mass is 305 g/mol. The van der Waals surface area contributed by atoms with E-state index < -0.39 is 23.7 Å². The first kappa shape index (κ1) is 16.8. The molecule has 0 radical (unpaired) electrons. The Morgan fingerprint density at radius 2 is 1.48 bits per heavy atom. The number of para-hydroxylation sites is 1. The molecular weight excluding hydrogens is 291 g/mol. The van der Waals surface area contributed by atoms with Gasteiger partial charge in [0.25, 0.3) is 0 Å². The molecular formula is C13H14F3NO4. The summed E-state index contributed by atoms with van der Waals surface area (Å²) in [5.41, 5.74) is -1.13. The molecule has 0 atom stereocenters. The van der Waals surface area contributed by atoms with Gasteiger partial charge in [0.1, 0.15) is 0 Å². The van der Waals surface area contributed by atoms with Crippen LogP contribution >= 0.6 is 0 Å². The number of alkyl halides is 3. The summed E-state index contributed by atoms with van der Waals surface area (Å²) in [5.74, 6) is -2.33. The van der Waals surface area contributed by atoms with Gasteiger partial charge in [0, 0.05) is 18.8 Å². The predicted molar refractivity (Wildman–Crippen MR) is 68.2 cm³/mol. The van der Waals surface area contributed by atoms with Gasteiger partial charge in [-0.1, -0.05) is 12.1 Å². The first-order valence-electron chi connectivity index (χ1n) is 6.06. The number of nitrogens with zero attached hydrogens (tertiary/aromatic N) is 1. The van der Waals surface area contributed by atoms with E-state index >= 15 is 0 Å². The van der Waals surface area contributed by atoms with Crippen LogP contribution in [-0.2, 0) is 15.8 Å². The van der Waals surface area contributed by atoms with Crippen molar-refractivity contribution in [2.75, 3.05) is 18.0 Å². The summed E-state index contributed by atoms with van der Waals surface area (Å²) < 4.78 is 38.8. The summed E-state index contributed by atoms with van der Waals surface area (Å²) in [6, 6.07) is 4.69. The molecule has 8 heteroatoms. The van der Waals surface area contributed by atoms with Crippen molar-refractivity contribution in [3.63, 3.8) is 0 Å².